The zero-order valence-electron chi connectivity index (χ0n) is 10.1. The zero-order chi connectivity index (χ0) is 11.3. The van der Waals surface area contributed by atoms with Gasteiger partial charge in [0.2, 0.25) is 0 Å². The molecule has 1 atom stereocenters. The van der Waals surface area contributed by atoms with E-state index in [1.54, 1.807) is 0 Å². The van der Waals surface area contributed by atoms with Crippen LogP contribution in [0.1, 0.15) is 27.2 Å². The molecule has 0 aliphatic heterocycles. The van der Waals surface area contributed by atoms with E-state index in [9.17, 15) is 0 Å². The van der Waals surface area contributed by atoms with Crippen LogP contribution in [0.2, 0.25) is 0 Å². The van der Waals surface area contributed by atoms with Crippen molar-refractivity contribution in [2.45, 2.75) is 33.2 Å². The molecule has 15 heavy (non-hydrogen) atoms. The summed E-state index contributed by atoms with van der Waals surface area (Å²) in [6.07, 6.45) is 1.13. The van der Waals surface area contributed by atoms with Gasteiger partial charge in [0.25, 0.3) is 0 Å². The first-order valence-corrected chi connectivity index (χ1v) is 5.62. The maximum Gasteiger partial charge on any atom is 0.130 e. The van der Waals surface area contributed by atoms with Crippen molar-refractivity contribution >= 4 is 11.6 Å². The minimum atomic E-state index is 0.523. The predicted molar refractivity (Wildman–Crippen MR) is 66.6 cm³/mol. The van der Waals surface area contributed by atoms with Crippen LogP contribution >= 0.6 is 0 Å². The van der Waals surface area contributed by atoms with Gasteiger partial charge < -0.3 is 10.2 Å². The van der Waals surface area contributed by atoms with Gasteiger partial charge in [0, 0.05) is 19.6 Å². The Morgan fingerprint density at radius 1 is 1.40 bits per heavy atom. The highest BCUT2D eigenvalue weighted by molar-refractivity contribution is 5.47. The Labute approximate surface area is 92.5 Å². The molecule has 0 fully saturated rings. The molecule has 0 saturated heterocycles. The third kappa shape index (κ3) is 3.11. The molecule has 0 aliphatic rings. The van der Waals surface area contributed by atoms with Crippen LogP contribution < -0.4 is 10.2 Å². The Balaban J connectivity index is 2.80. The van der Waals surface area contributed by atoms with E-state index in [2.05, 4.69) is 43.0 Å². The average Bonchev–Trinajstić information content (AvgIpc) is 2.28. The van der Waals surface area contributed by atoms with Crippen molar-refractivity contribution in [3.63, 3.8) is 0 Å². The van der Waals surface area contributed by atoms with Gasteiger partial charge in [-0.05, 0) is 32.4 Å². The highest BCUT2D eigenvalue weighted by Gasteiger charge is 2.08. The Kier molecular flexibility index (Phi) is 4.40. The summed E-state index contributed by atoms with van der Waals surface area (Å²) in [5.74, 6) is 1.98. The minimum absolute atomic E-state index is 0.523. The number of pyridine rings is 1. The first-order chi connectivity index (χ1) is 7.19. The lowest BCUT2D eigenvalue weighted by Crippen LogP contribution is -2.28. The van der Waals surface area contributed by atoms with Crippen molar-refractivity contribution < 1.29 is 0 Å². The van der Waals surface area contributed by atoms with Gasteiger partial charge >= 0.3 is 0 Å². The number of nitrogens with zero attached hydrogens (tertiary/aromatic N) is 2. The summed E-state index contributed by atoms with van der Waals surface area (Å²) >= 11 is 0. The van der Waals surface area contributed by atoms with Gasteiger partial charge in [0.1, 0.15) is 11.6 Å². The molecule has 1 aromatic heterocycles. The maximum atomic E-state index is 4.55. The van der Waals surface area contributed by atoms with Crippen LogP contribution in [-0.2, 0) is 0 Å². The Bertz CT molecular complexity index is 299. The van der Waals surface area contributed by atoms with Gasteiger partial charge in [-0.25, -0.2) is 4.98 Å². The SMILES string of the molecule is CCNc1cccc(N(C)C(C)CC)n1. The first-order valence-electron chi connectivity index (χ1n) is 5.62. The molecule has 0 radical (unpaired) electrons. The molecule has 3 nitrogen and oxygen atoms in total. The summed E-state index contributed by atoms with van der Waals surface area (Å²) in [5.41, 5.74) is 0. The van der Waals surface area contributed by atoms with Gasteiger partial charge in [-0.3, -0.25) is 0 Å². The summed E-state index contributed by atoms with van der Waals surface area (Å²) in [6.45, 7) is 7.38. The van der Waals surface area contributed by atoms with Crippen molar-refractivity contribution in [3.8, 4) is 0 Å². The van der Waals surface area contributed by atoms with Crippen LogP contribution in [0.3, 0.4) is 0 Å². The molecule has 0 aromatic carbocycles. The third-order valence-corrected chi connectivity index (χ3v) is 2.71. The van der Waals surface area contributed by atoms with Crippen LogP contribution in [0.4, 0.5) is 11.6 Å². The van der Waals surface area contributed by atoms with E-state index < -0.39 is 0 Å². The third-order valence-electron chi connectivity index (χ3n) is 2.71. The van der Waals surface area contributed by atoms with E-state index >= 15 is 0 Å². The average molecular weight is 207 g/mol. The molecule has 0 aliphatic carbocycles. The smallest absolute Gasteiger partial charge is 0.130 e. The molecule has 1 unspecified atom stereocenters. The molecule has 1 rings (SSSR count). The molecule has 84 valence electrons. The summed E-state index contributed by atoms with van der Waals surface area (Å²) in [5, 5.41) is 3.22. The fraction of sp³-hybridized carbons (Fsp3) is 0.583. The van der Waals surface area contributed by atoms with Crippen molar-refractivity contribution in [1.29, 1.82) is 0 Å². The Hall–Kier alpha value is -1.25. The second-order valence-corrected chi connectivity index (χ2v) is 3.78. The fourth-order valence-corrected chi connectivity index (χ4v) is 1.40. The predicted octanol–water partition coefficient (Wildman–Crippen LogP) is 2.75. The molecular weight excluding hydrogens is 186 g/mol. The number of nitrogens with one attached hydrogen (secondary N) is 1. The van der Waals surface area contributed by atoms with Gasteiger partial charge in [-0.15, -0.1) is 0 Å². The van der Waals surface area contributed by atoms with Crippen LogP contribution in [0, 0.1) is 0 Å². The van der Waals surface area contributed by atoms with E-state index in [-0.39, 0.29) is 0 Å². The van der Waals surface area contributed by atoms with Crippen LogP contribution in [0.15, 0.2) is 18.2 Å². The molecule has 0 amide bonds. The molecule has 1 heterocycles. The van der Waals surface area contributed by atoms with E-state index in [1.807, 2.05) is 18.2 Å². The van der Waals surface area contributed by atoms with Crippen molar-refractivity contribution in [2.24, 2.45) is 0 Å². The Morgan fingerprint density at radius 2 is 2.13 bits per heavy atom. The zero-order valence-corrected chi connectivity index (χ0v) is 10.1. The van der Waals surface area contributed by atoms with Crippen molar-refractivity contribution in [1.82, 2.24) is 4.98 Å². The summed E-state index contributed by atoms with van der Waals surface area (Å²) in [7, 11) is 2.09. The van der Waals surface area contributed by atoms with Crippen LogP contribution in [-0.4, -0.2) is 24.6 Å². The highest BCUT2D eigenvalue weighted by Crippen LogP contribution is 2.16. The van der Waals surface area contributed by atoms with Gasteiger partial charge in [-0.1, -0.05) is 13.0 Å². The largest absolute Gasteiger partial charge is 0.370 e. The van der Waals surface area contributed by atoms with Gasteiger partial charge in [0.15, 0.2) is 0 Å². The molecule has 1 aromatic rings. The second kappa shape index (κ2) is 5.59. The fourth-order valence-electron chi connectivity index (χ4n) is 1.40. The molecular formula is C12H21N3. The quantitative estimate of drug-likeness (QED) is 0.804. The summed E-state index contributed by atoms with van der Waals surface area (Å²) in [4.78, 5) is 6.76. The highest BCUT2D eigenvalue weighted by atomic mass is 15.2. The second-order valence-electron chi connectivity index (χ2n) is 3.78. The first kappa shape index (κ1) is 11.8. The summed E-state index contributed by atoms with van der Waals surface area (Å²) < 4.78 is 0. The lowest BCUT2D eigenvalue weighted by molar-refractivity contribution is 0.657. The molecule has 1 N–H and O–H groups in total. The van der Waals surface area contributed by atoms with E-state index in [0.29, 0.717) is 6.04 Å². The molecule has 0 spiro atoms. The standard InChI is InChI=1S/C12H21N3/c1-5-10(3)15(4)12-9-7-8-11(14-12)13-6-2/h7-10H,5-6H2,1-4H3,(H,13,14). The summed E-state index contributed by atoms with van der Waals surface area (Å²) in [6, 6.07) is 6.61. The monoisotopic (exact) mass is 207 g/mol. The van der Waals surface area contributed by atoms with Crippen LogP contribution in [0.25, 0.3) is 0 Å². The molecule has 0 bridgehead atoms. The molecule has 3 heteroatoms. The number of anilines is 2. The Morgan fingerprint density at radius 3 is 2.73 bits per heavy atom. The number of rotatable bonds is 5. The number of aromatic nitrogens is 1. The minimum Gasteiger partial charge on any atom is -0.370 e. The van der Waals surface area contributed by atoms with Crippen molar-refractivity contribution in [2.75, 3.05) is 23.8 Å². The topological polar surface area (TPSA) is 28.2 Å². The van der Waals surface area contributed by atoms with Gasteiger partial charge in [0.05, 0.1) is 0 Å². The lowest BCUT2D eigenvalue weighted by Gasteiger charge is -2.25. The molecule has 0 saturated carbocycles. The number of hydrogen-bond donors (Lipinski definition) is 1. The lowest BCUT2D eigenvalue weighted by atomic mass is 10.2. The van der Waals surface area contributed by atoms with Gasteiger partial charge in [-0.2, -0.15) is 0 Å². The van der Waals surface area contributed by atoms with E-state index in [4.69, 9.17) is 0 Å². The van der Waals surface area contributed by atoms with Crippen LogP contribution in [0.5, 0.6) is 0 Å². The normalized spacial score (nSPS) is 12.3. The van der Waals surface area contributed by atoms with Crippen molar-refractivity contribution in [3.05, 3.63) is 18.2 Å². The maximum absolute atomic E-state index is 4.55. The van der Waals surface area contributed by atoms with E-state index in [1.165, 1.54) is 0 Å². The van der Waals surface area contributed by atoms with E-state index in [0.717, 1.165) is 24.6 Å². The number of hydrogen-bond acceptors (Lipinski definition) is 3.